The lowest BCUT2D eigenvalue weighted by molar-refractivity contribution is -0.137. The molecule has 1 heterocycles. The first-order valence-corrected chi connectivity index (χ1v) is 8.50. The number of pyridine rings is 1. The monoisotopic (exact) mass is 394 g/mol. The number of carbonyl (C=O) groups is 2. The fourth-order valence-corrected chi connectivity index (χ4v) is 2.29. The van der Waals surface area contributed by atoms with Crippen LogP contribution >= 0.6 is 0 Å². The fraction of sp³-hybridized carbons (Fsp3) is 0.350. The molecular formula is C20H21F3N2O3. The molecule has 2 rings (SSSR count). The third kappa shape index (κ3) is 5.80. The van der Waals surface area contributed by atoms with Gasteiger partial charge in [-0.05, 0) is 57.5 Å². The average molecular weight is 394 g/mol. The van der Waals surface area contributed by atoms with E-state index in [2.05, 4.69) is 4.98 Å². The summed E-state index contributed by atoms with van der Waals surface area (Å²) in [5.74, 6) is 0.0461. The maximum atomic E-state index is 12.7. The molecule has 0 saturated carbocycles. The zero-order valence-corrected chi connectivity index (χ0v) is 16.0. The van der Waals surface area contributed by atoms with Gasteiger partial charge in [0.25, 0.3) is 0 Å². The Morgan fingerprint density at radius 3 is 2.07 bits per heavy atom. The van der Waals surface area contributed by atoms with Gasteiger partial charge in [-0.2, -0.15) is 13.2 Å². The van der Waals surface area contributed by atoms with Gasteiger partial charge in [-0.3, -0.25) is 9.69 Å². The summed E-state index contributed by atoms with van der Waals surface area (Å²) in [5, 5.41) is 0. The van der Waals surface area contributed by atoms with E-state index in [0.717, 1.165) is 12.1 Å². The van der Waals surface area contributed by atoms with Crippen molar-refractivity contribution in [3.8, 4) is 0 Å². The number of alkyl halides is 3. The van der Waals surface area contributed by atoms with Gasteiger partial charge in [-0.1, -0.05) is 12.1 Å². The summed E-state index contributed by atoms with van der Waals surface area (Å²) in [7, 11) is 0. The van der Waals surface area contributed by atoms with Crippen LogP contribution in [0, 0.1) is 0 Å². The number of nitrogens with zero attached hydrogens (tertiary/aromatic N) is 2. The van der Waals surface area contributed by atoms with Gasteiger partial charge < -0.3 is 4.74 Å². The van der Waals surface area contributed by atoms with Gasteiger partial charge in [-0.15, -0.1) is 0 Å². The first kappa shape index (κ1) is 21.4. The molecule has 1 amide bonds. The number of ether oxygens (including phenoxy) is 1. The molecule has 0 aliphatic rings. The van der Waals surface area contributed by atoms with E-state index < -0.39 is 23.4 Å². The second-order valence-corrected chi connectivity index (χ2v) is 7.22. The molecule has 5 nitrogen and oxygen atoms in total. The smallest absolute Gasteiger partial charge is 0.416 e. The van der Waals surface area contributed by atoms with Crippen molar-refractivity contribution in [3.05, 3.63) is 59.3 Å². The highest BCUT2D eigenvalue weighted by atomic mass is 19.4. The van der Waals surface area contributed by atoms with E-state index in [4.69, 9.17) is 4.74 Å². The van der Waals surface area contributed by atoms with Crippen LogP contribution in [0.2, 0.25) is 0 Å². The lowest BCUT2D eigenvalue weighted by atomic mass is 10.1. The van der Waals surface area contributed by atoms with Crippen molar-refractivity contribution in [2.45, 2.75) is 46.0 Å². The van der Waals surface area contributed by atoms with E-state index in [-0.39, 0.29) is 18.1 Å². The molecule has 1 aromatic heterocycles. The number of Topliss-reactive ketones (excluding diaryl/α,β-unsaturated/α-hetero) is 1. The fourth-order valence-electron chi connectivity index (χ4n) is 2.29. The third-order valence-corrected chi connectivity index (χ3v) is 3.67. The number of carbonyl (C=O) groups excluding carboxylic acids is 2. The minimum absolute atomic E-state index is 0.0422. The zero-order chi connectivity index (χ0) is 21.1. The van der Waals surface area contributed by atoms with Gasteiger partial charge in [0.2, 0.25) is 0 Å². The maximum absolute atomic E-state index is 12.7. The first-order valence-electron chi connectivity index (χ1n) is 8.50. The van der Waals surface area contributed by atoms with Gasteiger partial charge in [0.05, 0.1) is 12.1 Å². The summed E-state index contributed by atoms with van der Waals surface area (Å²) in [6, 6.07) is 7.51. The Kier molecular flexibility index (Phi) is 6.11. The third-order valence-electron chi connectivity index (χ3n) is 3.67. The summed E-state index contributed by atoms with van der Waals surface area (Å²) in [6.45, 7) is 6.46. The molecule has 28 heavy (non-hydrogen) atoms. The Hall–Kier alpha value is -2.90. The maximum Gasteiger partial charge on any atom is 0.416 e. The molecule has 2 aromatic rings. The van der Waals surface area contributed by atoms with Crippen molar-refractivity contribution in [3.63, 3.8) is 0 Å². The van der Waals surface area contributed by atoms with Gasteiger partial charge in [0.1, 0.15) is 11.4 Å². The normalized spacial score (nSPS) is 11.8. The van der Waals surface area contributed by atoms with Crippen LogP contribution in [0.25, 0.3) is 0 Å². The molecular weight excluding hydrogens is 373 g/mol. The lowest BCUT2D eigenvalue weighted by Crippen LogP contribution is -2.37. The number of amides is 1. The quantitative estimate of drug-likeness (QED) is 0.665. The van der Waals surface area contributed by atoms with E-state index in [1.54, 1.807) is 20.8 Å². The molecule has 0 atom stereocenters. The van der Waals surface area contributed by atoms with Crippen molar-refractivity contribution >= 4 is 17.7 Å². The highest BCUT2D eigenvalue weighted by molar-refractivity contribution is 5.94. The molecule has 0 unspecified atom stereocenters. The van der Waals surface area contributed by atoms with Gasteiger partial charge in [0.15, 0.2) is 5.78 Å². The molecule has 0 aliphatic carbocycles. The van der Waals surface area contributed by atoms with Crippen LogP contribution in [0.1, 0.15) is 49.2 Å². The Morgan fingerprint density at radius 1 is 1.04 bits per heavy atom. The number of hydrogen-bond acceptors (Lipinski definition) is 4. The Labute approximate surface area is 161 Å². The lowest BCUT2D eigenvalue weighted by Gasteiger charge is -2.27. The largest absolute Gasteiger partial charge is 0.443 e. The summed E-state index contributed by atoms with van der Waals surface area (Å²) >= 11 is 0. The van der Waals surface area contributed by atoms with Crippen molar-refractivity contribution < 1.29 is 27.5 Å². The number of anilines is 1. The van der Waals surface area contributed by atoms with Crippen molar-refractivity contribution in [2.75, 3.05) is 4.90 Å². The van der Waals surface area contributed by atoms with E-state index in [9.17, 15) is 22.8 Å². The van der Waals surface area contributed by atoms with Crippen LogP contribution in [0.5, 0.6) is 0 Å². The summed E-state index contributed by atoms with van der Waals surface area (Å²) in [5.41, 5.74) is -0.697. The summed E-state index contributed by atoms with van der Waals surface area (Å²) in [4.78, 5) is 29.4. The van der Waals surface area contributed by atoms with E-state index in [0.29, 0.717) is 11.1 Å². The van der Waals surface area contributed by atoms with E-state index >= 15 is 0 Å². The molecule has 0 bridgehead atoms. The van der Waals surface area contributed by atoms with Gasteiger partial charge >= 0.3 is 12.3 Å². The molecule has 0 radical (unpaired) electrons. The summed E-state index contributed by atoms with van der Waals surface area (Å²) in [6.07, 6.45) is -3.80. The van der Waals surface area contributed by atoms with Crippen molar-refractivity contribution in [2.24, 2.45) is 0 Å². The van der Waals surface area contributed by atoms with Crippen LogP contribution in [-0.4, -0.2) is 22.5 Å². The Balaban J connectivity index is 2.32. The molecule has 0 spiro atoms. The standard InChI is InChI=1S/C20H21F3N2O3/c1-13(26)15-7-10-17(24-11-15)25(18(27)28-19(2,3)4)12-14-5-8-16(9-6-14)20(21,22)23/h5-11H,12H2,1-4H3. The van der Waals surface area contributed by atoms with Crippen LogP contribution in [0.3, 0.4) is 0 Å². The second-order valence-electron chi connectivity index (χ2n) is 7.22. The first-order chi connectivity index (χ1) is 12.9. The number of rotatable bonds is 4. The summed E-state index contributed by atoms with van der Waals surface area (Å²) < 4.78 is 43.6. The van der Waals surface area contributed by atoms with Crippen LogP contribution in [-0.2, 0) is 17.5 Å². The van der Waals surface area contributed by atoms with Gasteiger partial charge in [0, 0.05) is 11.8 Å². The molecule has 0 N–H and O–H groups in total. The van der Waals surface area contributed by atoms with Crippen LogP contribution < -0.4 is 4.90 Å². The van der Waals surface area contributed by atoms with Crippen LogP contribution in [0.15, 0.2) is 42.6 Å². The van der Waals surface area contributed by atoms with E-state index in [1.807, 2.05) is 0 Å². The van der Waals surface area contributed by atoms with E-state index in [1.165, 1.54) is 42.3 Å². The number of hydrogen-bond donors (Lipinski definition) is 0. The molecule has 0 fully saturated rings. The van der Waals surface area contributed by atoms with Crippen molar-refractivity contribution in [1.29, 1.82) is 0 Å². The highest BCUT2D eigenvalue weighted by Gasteiger charge is 2.30. The Bertz CT molecular complexity index is 839. The topological polar surface area (TPSA) is 59.5 Å². The SMILES string of the molecule is CC(=O)c1ccc(N(Cc2ccc(C(F)(F)F)cc2)C(=O)OC(C)(C)C)nc1. The minimum Gasteiger partial charge on any atom is -0.443 e. The average Bonchev–Trinajstić information content (AvgIpc) is 2.58. The molecule has 1 aromatic carbocycles. The number of benzene rings is 1. The number of ketones is 1. The van der Waals surface area contributed by atoms with Crippen molar-refractivity contribution in [1.82, 2.24) is 4.98 Å². The number of halogens is 3. The Morgan fingerprint density at radius 2 is 1.64 bits per heavy atom. The van der Waals surface area contributed by atoms with Gasteiger partial charge in [-0.25, -0.2) is 9.78 Å². The molecule has 8 heteroatoms. The highest BCUT2D eigenvalue weighted by Crippen LogP contribution is 2.29. The zero-order valence-electron chi connectivity index (χ0n) is 16.0. The molecule has 0 saturated heterocycles. The van der Waals surface area contributed by atoms with Crippen LogP contribution in [0.4, 0.5) is 23.8 Å². The molecule has 0 aliphatic heterocycles. The second kappa shape index (κ2) is 8.00. The predicted octanol–water partition coefficient (Wildman–Crippen LogP) is 5.24. The predicted molar refractivity (Wildman–Crippen MR) is 98.1 cm³/mol. The minimum atomic E-state index is -4.44. The number of aromatic nitrogens is 1. The molecule has 150 valence electrons.